The average Bonchev–Trinajstić information content (AvgIpc) is 3.01. The van der Waals surface area contributed by atoms with Crippen molar-refractivity contribution in [2.24, 2.45) is 0 Å². The van der Waals surface area contributed by atoms with Gasteiger partial charge in [-0.15, -0.1) is 0 Å². The summed E-state index contributed by atoms with van der Waals surface area (Å²) >= 11 is 0. The number of likely N-dealkylation sites (tertiary alicyclic amines) is 1. The van der Waals surface area contributed by atoms with Gasteiger partial charge in [0.25, 0.3) is 5.91 Å². The summed E-state index contributed by atoms with van der Waals surface area (Å²) in [4.78, 5) is 55.5. The molecule has 1 atom stereocenters. The number of unbranched alkanes of at least 4 members (excludes halogenated alkanes) is 1. The number of hydrogen-bond donors (Lipinski definition) is 2. The van der Waals surface area contributed by atoms with Gasteiger partial charge in [-0.05, 0) is 62.3 Å². The van der Waals surface area contributed by atoms with E-state index < -0.39 is 17.7 Å². The van der Waals surface area contributed by atoms with Crippen LogP contribution in [0.1, 0.15) is 66.9 Å². The lowest BCUT2D eigenvalue weighted by molar-refractivity contribution is -0.161. The van der Waals surface area contributed by atoms with Crippen molar-refractivity contribution < 1.29 is 23.9 Å². The number of carbonyl (C=O) groups excluding carboxylic acids is 4. The van der Waals surface area contributed by atoms with Crippen LogP contribution in [0.25, 0.3) is 0 Å². The lowest BCUT2D eigenvalue weighted by Crippen LogP contribution is -2.73. The van der Waals surface area contributed by atoms with E-state index in [1.54, 1.807) is 34.1 Å². The summed E-state index contributed by atoms with van der Waals surface area (Å²) in [7, 11) is 0. The Morgan fingerprint density at radius 1 is 1.10 bits per heavy atom. The van der Waals surface area contributed by atoms with E-state index >= 15 is 0 Å². The Bertz CT molecular complexity index is 1280. The van der Waals surface area contributed by atoms with Crippen molar-refractivity contribution in [1.82, 2.24) is 20.4 Å². The zero-order valence-electron chi connectivity index (χ0n) is 23.4. The first-order valence-electron chi connectivity index (χ1n) is 14.2. The Morgan fingerprint density at radius 2 is 1.85 bits per heavy atom. The van der Waals surface area contributed by atoms with E-state index in [1.165, 1.54) is 0 Å². The van der Waals surface area contributed by atoms with Gasteiger partial charge in [0.2, 0.25) is 11.8 Å². The van der Waals surface area contributed by atoms with Gasteiger partial charge in [0.15, 0.2) is 0 Å². The monoisotopic (exact) mass is 559 g/mol. The van der Waals surface area contributed by atoms with Crippen molar-refractivity contribution >= 4 is 23.8 Å². The number of benzene rings is 2. The molecule has 10 heteroatoms. The number of piperidine rings is 1. The zero-order chi connectivity index (χ0) is 29.2. The van der Waals surface area contributed by atoms with Gasteiger partial charge in [0.1, 0.15) is 18.2 Å². The highest BCUT2D eigenvalue weighted by atomic mass is 16.5. The van der Waals surface area contributed by atoms with Gasteiger partial charge in [-0.3, -0.25) is 14.4 Å². The van der Waals surface area contributed by atoms with E-state index in [0.717, 1.165) is 5.56 Å². The van der Waals surface area contributed by atoms with Gasteiger partial charge in [-0.2, -0.15) is 5.26 Å². The second kappa shape index (κ2) is 13.8. The van der Waals surface area contributed by atoms with Gasteiger partial charge in [0, 0.05) is 31.7 Å². The largest absolute Gasteiger partial charge is 0.445 e. The van der Waals surface area contributed by atoms with E-state index in [2.05, 4.69) is 16.7 Å². The fraction of sp³-hybridized carbons (Fsp3) is 0.452. The van der Waals surface area contributed by atoms with Gasteiger partial charge in [-0.25, -0.2) is 4.79 Å². The van der Waals surface area contributed by atoms with Crippen molar-refractivity contribution in [3.05, 3.63) is 71.3 Å². The van der Waals surface area contributed by atoms with Crippen molar-refractivity contribution in [3.63, 3.8) is 0 Å². The number of nitriles is 1. The number of alkyl carbamates (subject to hydrolysis) is 1. The third-order valence-corrected chi connectivity index (χ3v) is 7.77. The molecule has 4 amide bonds. The van der Waals surface area contributed by atoms with Crippen LogP contribution in [-0.4, -0.2) is 71.4 Å². The first-order chi connectivity index (χ1) is 19.9. The molecule has 216 valence electrons. The number of piperazine rings is 1. The standard InChI is InChI=1S/C31H37N5O5/c1-2-17-36-28(38)26(13-6-7-16-33-30(40)41-22-23-9-4-3-5-10-23)34-29(39)31(36)14-18-35(19-15-31)27(37)25-12-8-11-24(20-25)21-32/h3-5,8-12,20,26H,2,6-7,13-19,22H2,1H3,(H,33,40)(H,34,39)/t26-/m0/s1. The van der Waals surface area contributed by atoms with E-state index in [-0.39, 0.29) is 24.3 Å². The molecule has 0 unspecified atom stereocenters. The maximum Gasteiger partial charge on any atom is 0.407 e. The molecule has 2 saturated heterocycles. The van der Waals surface area contributed by atoms with Crippen LogP contribution in [0, 0.1) is 11.3 Å². The maximum atomic E-state index is 13.5. The Morgan fingerprint density at radius 3 is 2.56 bits per heavy atom. The zero-order valence-corrected chi connectivity index (χ0v) is 23.4. The molecule has 2 fully saturated rings. The molecular weight excluding hydrogens is 522 g/mol. The summed E-state index contributed by atoms with van der Waals surface area (Å²) in [6, 6.07) is 17.5. The Kier molecular flexibility index (Phi) is 9.95. The summed E-state index contributed by atoms with van der Waals surface area (Å²) < 4.78 is 5.21. The highest BCUT2D eigenvalue weighted by Gasteiger charge is 2.53. The number of hydrogen-bond acceptors (Lipinski definition) is 6. The molecule has 0 aromatic heterocycles. The van der Waals surface area contributed by atoms with Crippen LogP contribution in [0.4, 0.5) is 4.79 Å². The Hall–Kier alpha value is -4.39. The number of carbonyl (C=O) groups is 4. The Labute approximate surface area is 240 Å². The summed E-state index contributed by atoms with van der Waals surface area (Å²) in [5, 5.41) is 14.8. The molecule has 2 N–H and O–H groups in total. The van der Waals surface area contributed by atoms with E-state index in [1.807, 2.05) is 37.3 Å². The maximum absolute atomic E-state index is 13.5. The average molecular weight is 560 g/mol. The van der Waals surface area contributed by atoms with Gasteiger partial charge in [0.05, 0.1) is 11.6 Å². The molecule has 10 nitrogen and oxygen atoms in total. The molecule has 0 radical (unpaired) electrons. The topological polar surface area (TPSA) is 132 Å². The molecule has 4 rings (SSSR count). The Balaban J connectivity index is 1.26. The van der Waals surface area contributed by atoms with Crippen LogP contribution in [-0.2, 0) is 20.9 Å². The smallest absolute Gasteiger partial charge is 0.407 e. The van der Waals surface area contributed by atoms with Crippen molar-refractivity contribution in [1.29, 1.82) is 5.26 Å². The SMILES string of the molecule is CCCN1C(=O)[C@H](CCCCNC(=O)OCc2ccccc2)NC(=O)C12CCN(C(=O)c1cccc(C#N)c1)CC2. The van der Waals surface area contributed by atoms with Crippen LogP contribution in [0.3, 0.4) is 0 Å². The van der Waals surface area contributed by atoms with Gasteiger partial charge < -0.3 is 25.2 Å². The predicted molar refractivity (Wildman–Crippen MR) is 151 cm³/mol. The number of amides is 4. The first kappa shape index (κ1) is 29.6. The minimum Gasteiger partial charge on any atom is -0.445 e. The predicted octanol–water partition coefficient (Wildman–Crippen LogP) is 3.37. The van der Waals surface area contributed by atoms with E-state index in [0.29, 0.717) is 75.8 Å². The van der Waals surface area contributed by atoms with Crippen molar-refractivity contribution in [3.8, 4) is 6.07 Å². The molecule has 0 bridgehead atoms. The summed E-state index contributed by atoms with van der Waals surface area (Å²) in [5.74, 6) is -0.447. The minimum atomic E-state index is -0.973. The van der Waals surface area contributed by atoms with Crippen LogP contribution < -0.4 is 10.6 Å². The highest BCUT2D eigenvalue weighted by molar-refractivity contribution is 6.00. The molecule has 2 aliphatic rings. The molecule has 0 aliphatic carbocycles. The quantitative estimate of drug-likeness (QED) is 0.429. The van der Waals surface area contributed by atoms with Crippen LogP contribution in [0.2, 0.25) is 0 Å². The second-order valence-electron chi connectivity index (χ2n) is 10.5. The normalized spacial score (nSPS) is 18.0. The highest BCUT2D eigenvalue weighted by Crippen LogP contribution is 2.34. The van der Waals surface area contributed by atoms with Gasteiger partial charge in [-0.1, -0.05) is 43.3 Å². The van der Waals surface area contributed by atoms with Crippen LogP contribution in [0.15, 0.2) is 54.6 Å². The molecule has 41 heavy (non-hydrogen) atoms. The number of rotatable bonds is 10. The van der Waals surface area contributed by atoms with Crippen LogP contribution in [0.5, 0.6) is 0 Å². The van der Waals surface area contributed by atoms with Gasteiger partial charge >= 0.3 is 6.09 Å². The minimum absolute atomic E-state index is 0.0943. The first-order valence-corrected chi connectivity index (χ1v) is 14.2. The van der Waals surface area contributed by atoms with Crippen LogP contribution >= 0.6 is 0 Å². The number of nitrogens with zero attached hydrogens (tertiary/aromatic N) is 3. The molecule has 2 aromatic carbocycles. The van der Waals surface area contributed by atoms with Crippen molar-refractivity contribution in [2.75, 3.05) is 26.2 Å². The molecular formula is C31H37N5O5. The molecule has 0 saturated carbocycles. The summed E-state index contributed by atoms with van der Waals surface area (Å²) in [6.45, 7) is 3.74. The summed E-state index contributed by atoms with van der Waals surface area (Å²) in [6.07, 6.45) is 2.70. The second-order valence-corrected chi connectivity index (χ2v) is 10.5. The molecule has 1 spiro atoms. The van der Waals surface area contributed by atoms with E-state index in [9.17, 15) is 19.2 Å². The fourth-order valence-electron chi connectivity index (χ4n) is 5.54. The lowest BCUT2D eigenvalue weighted by atomic mass is 9.81. The number of ether oxygens (including phenoxy) is 1. The third-order valence-electron chi connectivity index (χ3n) is 7.77. The third kappa shape index (κ3) is 7.04. The molecule has 2 aromatic rings. The summed E-state index contributed by atoms with van der Waals surface area (Å²) in [5.41, 5.74) is 0.791. The fourth-order valence-corrected chi connectivity index (χ4v) is 5.54. The number of nitrogens with one attached hydrogen (secondary N) is 2. The molecule has 2 heterocycles. The van der Waals surface area contributed by atoms with Crippen molar-refractivity contribution in [2.45, 2.75) is 63.6 Å². The lowest BCUT2D eigenvalue weighted by Gasteiger charge is -2.51. The molecule has 2 aliphatic heterocycles. The van der Waals surface area contributed by atoms with E-state index in [4.69, 9.17) is 10.00 Å².